The van der Waals surface area contributed by atoms with Crippen LogP contribution in [0.2, 0.25) is 0 Å². The Labute approximate surface area is 537 Å². The Morgan fingerprint density at radius 1 is 0.798 bits per heavy atom. The van der Waals surface area contributed by atoms with Crippen LogP contribution in [0.4, 0.5) is 23.7 Å². The Morgan fingerprint density at radius 3 is 2.00 bits per heavy atom. The standard InChI is InChI=1S/C68H67F3N4O19/c1-37-46(91-60(84)53(80)52(40-20-12-9-13-21-40)73-58(82)41-22-14-10-15-23-41)34-67(87)57(93-59(83)42-24-16-11-17-25-42)55-65(8,56(81)54(90-38(2)76)51(37)63(67,4)5)47(33-48-66(55,36-89-48)94-39(3)77)92-50(79)29-28-49(78)88-31-19-18-30-74-62(86)75(61(85)64(74,6)7)44-27-26-43(35-72)45(32-44)68(69,70)71/h9-17,20-27,32,46-48,52-55,57,80,87H,28-31,33-34,36H2,1-8H3,(H,73,82)/t46-,47-,48?,52?,53+,54+,55-,57-,65+,66-,67+/m0/s1. The van der Waals surface area contributed by atoms with E-state index in [1.165, 1.54) is 84.0 Å². The number of aliphatic hydroxyl groups is 2. The largest absolute Gasteiger partial charge is 0.461 e. The van der Waals surface area contributed by atoms with Gasteiger partial charge in [-0.2, -0.15) is 18.4 Å². The van der Waals surface area contributed by atoms with E-state index >= 15 is 4.79 Å². The summed E-state index contributed by atoms with van der Waals surface area (Å²) in [5, 5.41) is 38.1. The van der Waals surface area contributed by atoms with Crippen molar-refractivity contribution in [3.8, 4) is 17.9 Å². The molecule has 3 N–H and O–H groups in total. The molecule has 2 aliphatic heterocycles. The molecule has 11 atom stereocenters. The summed E-state index contributed by atoms with van der Waals surface area (Å²) < 4.78 is 83.9. The van der Waals surface area contributed by atoms with Crippen LogP contribution in [0.5, 0.6) is 0 Å². The van der Waals surface area contributed by atoms with Crippen LogP contribution < -0.4 is 10.2 Å². The van der Waals surface area contributed by atoms with Gasteiger partial charge < -0.3 is 48.7 Å². The first-order chi connectivity index (χ1) is 44.2. The van der Waals surface area contributed by atoms with Gasteiger partial charge in [0, 0.05) is 37.7 Å². The second kappa shape index (κ2) is 26.3. The molecule has 4 aromatic rings. The molecule has 2 saturated carbocycles. The third-order valence-electron chi connectivity index (χ3n) is 18.4. The summed E-state index contributed by atoms with van der Waals surface area (Å²) in [5.74, 6) is -5.80. The predicted molar refractivity (Wildman–Crippen MR) is 319 cm³/mol. The smallest absolute Gasteiger partial charge is 0.417 e. The number of benzene rings is 4. The Bertz CT molecular complexity index is 3860. The highest BCUT2D eigenvalue weighted by atomic mass is 19.4. The number of anilines is 1. The number of aliphatic hydroxyl groups excluding tert-OH is 1. The highest BCUT2D eigenvalue weighted by Crippen LogP contribution is 2.65. The normalized spacial score (nSPS) is 26.3. The van der Waals surface area contributed by atoms with Gasteiger partial charge in [-0.1, -0.05) is 92.4 Å². The molecule has 23 nitrogen and oxygen atoms in total. The predicted octanol–water partition coefficient (Wildman–Crippen LogP) is 6.75. The van der Waals surface area contributed by atoms with E-state index in [0.29, 0.717) is 11.0 Å². The average molecular weight is 1300 g/mol. The molecule has 94 heavy (non-hydrogen) atoms. The monoisotopic (exact) mass is 1300 g/mol. The molecule has 2 bridgehead atoms. The number of ether oxygens (including phenoxy) is 7. The minimum atomic E-state index is -4.99. The van der Waals surface area contributed by atoms with Gasteiger partial charge in [-0.15, -0.1) is 0 Å². The van der Waals surface area contributed by atoms with E-state index in [9.17, 15) is 71.8 Å². The number of fused-ring (bicyclic) bond motifs is 5. The molecule has 3 aliphatic carbocycles. The van der Waals surface area contributed by atoms with E-state index in [1.54, 1.807) is 54.6 Å². The number of hydrogen-bond acceptors (Lipinski definition) is 20. The number of carbonyl (C=O) groups is 10. The number of esters is 6. The van der Waals surface area contributed by atoms with Gasteiger partial charge in [-0.05, 0) is 86.9 Å². The van der Waals surface area contributed by atoms with Crippen molar-refractivity contribution in [3.05, 3.63) is 148 Å². The van der Waals surface area contributed by atoms with E-state index in [1.807, 2.05) is 0 Å². The van der Waals surface area contributed by atoms with Gasteiger partial charge in [0.1, 0.15) is 35.6 Å². The number of rotatable bonds is 17. The fraction of sp³-hybridized carbons (Fsp3) is 0.426. The summed E-state index contributed by atoms with van der Waals surface area (Å²) in [6, 6.07) is 24.8. The molecule has 0 spiro atoms. The van der Waals surface area contributed by atoms with Crippen molar-refractivity contribution in [3.63, 3.8) is 0 Å². The maximum atomic E-state index is 16.4. The SMILES string of the molecule is CC(=O)O[C@H]1C(=O)[C@]2(C)[C@@H](OC(=O)CCC(=O)OCC#CCN3C(=O)N(c4ccc(C#N)c(C(F)(F)F)c4)C(=O)C3(C)C)CC3OC[C@@]3(OC(C)=O)[C@H]2[C@H](OC(=O)c2ccccc2)[C@]2(O)C[C@H](OC(=O)[C@H](O)C(NC(=O)c3ccccc3)c3ccccc3)C(C)=C1C2(C)C. The molecule has 4 amide bonds. The van der Waals surface area contributed by atoms with Gasteiger partial charge in [0.05, 0.1) is 71.8 Å². The molecule has 2 saturated heterocycles. The number of imide groups is 1. The average Bonchev–Trinajstić information content (AvgIpc) is 0.785. The number of alkyl halides is 3. The number of ketones is 1. The fourth-order valence-corrected chi connectivity index (χ4v) is 13.5. The van der Waals surface area contributed by atoms with E-state index in [4.69, 9.17) is 33.2 Å². The summed E-state index contributed by atoms with van der Waals surface area (Å²) >= 11 is 0. The Morgan fingerprint density at radius 2 is 1.41 bits per heavy atom. The Hall–Kier alpha value is -9.76. The van der Waals surface area contributed by atoms with Crippen LogP contribution in [0.15, 0.2) is 120 Å². The van der Waals surface area contributed by atoms with Crippen LogP contribution in [0.25, 0.3) is 0 Å². The Balaban J connectivity index is 1.02. The second-order valence-electron chi connectivity index (χ2n) is 24.7. The van der Waals surface area contributed by atoms with Crippen molar-refractivity contribution in [2.24, 2.45) is 16.7 Å². The third-order valence-corrected chi connectivity index (χ3v) is 18.4. The molecule has 2 heterocycles. The summed E-state index contributed by atoms with van der Waals surface area (Å²) in [7, 11) is 0. The molecule has 4 fully saturated rings. The first kappa shape index (κ1) is 68.6. The molecule has 9 rings (SSSR count). The lowest BCUT2D eigenvalue weighted by molar-refractivity contribution is -0.346. The van der Waals surface area contributed by atoms with Crippen molar-refractivity contribution < 1.29 is 104 Å². The number of amides is 4. The molecular formula is C68H67F3N4O19. The number of urea groups is 1. The molecule has 0 aromatic heterocycles. The maximum absolute atomic E-state index is 16.4. The summed E-state index contributed by atoms with van der Waals surface area (Å²) in [6.07, 6.45) is -18.4. The number of nitrogens with one attached hydrogen (secondary N) is 1. The number of nitriles is 1. The summed E-state index contributed by atoms with van der Waals surface area (Å²) in [4.78, 5) is 142. The highest BCUT2D eigenvalue weighted by Gasteiger charge is 2.79. The topological polar surface area (TPSA) is 318 Å². The van der Waals surface area contributed by atoms with Crippen LogP contribution in [-0.2, 0) is 72.9 Å². The first-order valence-electron chi connectivity index (χ1n) is 29.8. The molecule has 0 radical (unpaired) electrons. The summed E-state index contributed by atoms with van der Waals surface area (Å²) in [6.45, 7) is 8.86. The van der Waals surface area contributed by atoms with E-state index in [2.05, 4.69) is 17.2 Å². The quantitative estimate of drug-likeness (QED) is 0.0323. The lowest BCUT2D eigenvalue weighted by atomic mass is 9.44. The van der Waals surface area contributed by atoms with Gasteiger partial charge >= 0.3 is 48.0 Å². The lowest BCUT2D eigenvalue weighted by Crippen LogP contribution is -2.82. The van der Waals surface area contributed by atoms with Crippen molar-refractivity contribution in [1.29, 1.82) is 5.26 Å². The van der Waals surface area contributed by atoms with Gasteiger partial charge in [-0.25, -0.2) is 19.3 Å². The highest BCUT2D eigenvalue weighted by molar-refractivity contribution is 6.23. The van der Waals surface area contributed by atoms with Crippen molar-refractivity contribution in [2.75, 3.05) is 24.7 Å². The zero-order valence-electron chi connectivity index (χ0n) is 52.3. The maximum Gasteiger partial charge on any atom is 0.417 e. The minimum Gasteiger partial charge on any atom is -0.461 e. The van der Waals surface area contributed by atoms with Gasteiger partial charge in [0.15, 0.2) is 30.2 Å². The van der Waals surface area contributed by atoms with Crippen LogP contribution >= 0.6 is 0 Å². The number of Topliss-reactive ketones (excluding diaryl/α,β-unsaturated/α-hetero) is 1. The minimum absolute atomic E-state index is 0.0301. The molecule has 26 heteroatoms. The molecule has 494 valence electrons. The number of hydrogen-bond donors (Lipinski definition) is 3. The molecule has 4 aromatic carbocycles. The van der Waals surface area contributed by atoms with Crippen LogP contribution in [0.3, 0.4) is 0 Å². The van der Waals surface area contributed by atoms with Crippen molar-refractivity contribution >= 4 is 65.1 Å². The second-order valence-corrected chi connectivity index (χ2v) is 24.7. The van der Waals surface area contributed by atoms with E-state index < -0.39 is 204 Å². The summed E-state index contributed by atoms with van der Waals surface area (Å²) in [5.41, 5.74) is -12.7. The number of halogens is 3. The lowest BCUT2D eigenvalue weighted by Gasteiger charge is -2.67. The van der Waals surface area contributed by atoms with E-state index in [0.717, 1.165) is 30.9 Å². The molecule has 5 aliphatic rings. The van der Waals surface area contributed by atoms with Gasteiger partial charge in [0.25, 0.3) is 11.8 Å². The third kappa shape index (κ3) is 12.6. The van der Waals surface area contributed by atoms with Crippen molar-refractivity contribution in [2.45, 2.75) is 147 Å². The first-order valence-corrected chi connectivity index (χ1v) is 29.8. The number of carbonyl (C=O) groups excluding carboxylic acids is 10. The van der Waals surface area contributed by atoms with Crippen LogP contribution in [0.1, 0.15) is 125 Å². The number of nitrogens with zero attached hydrogens (tertiary/aromatic N) is 3. The molecular weight excluding hydrogens is 1230 g/mol. The zero-order chi connectivity index (χ0) is 68.6. The van der Waals surface area contributed by atoms with Crippen LogP contribution in [-0.4, -0.2) is 148 Å². The Kier molecular flexibility index (Phi) is 19.2. The van der Waals surface area contributed by atoms with Crippen molar-refractivity contribution in [1.82, 2.24) is 10.2 Å². The zero-order valence-corrected chi connectivity index (χ0v) is 52.3. The van der Waals surface area contributed by atoms with Gasteiger partial charge in [-0.3, -0.25) is 38.5 Å². The molecule has 2 unspecified atom stereocenters. The fourth-order valence-electron chi connectivity index (χ4n) is 13.5. The van der Waals surface area contributed by atoms with E-state index in [-0.39, 0.29) is 27.8 Å². The van der Waals surface area contributed by atoms with Crippen LogP contribution in [0, 0.1) is 39.9 Å². The van der Waals surface area contributed by atoms with Gasteiger partial charge in [0.2, 0.25) is 0 Å².